The van der Waals surface area contributed by atoms with Gasteiger partial charge in [0.2, 0.25) is 0 Å². The number of carbonyl (C=O) groups is 1. The molecule has 0 rings (SSSR count). The van der Waals surface area contributed by atoms with Crippen molar-refractivity contribution in [2.45, 2.75) is 44.1 Å². The Morgan fingerprint density at radius 2 is 1.53 bits per heavy atom. The minimum absolute atomic E-state index is 0.117. The van der Waals surface area contributed by atoms with E-state index in [4.69, 9.17) is 22.3 Å². The Kier molecular flexibility index (Phi) is 7.29. The van der Waals surface area contributed by atoms with Crippen molar-refractivity contribution in [2.24, 2.45) is 17.2 Å². The minimum Gasteiger partial charge on any atom is -0.481 e. The van der Waals surface area contributed by atoms with E-state index in [1.165, 1.54) is 0 Å². The van der Waals surface area contributed by atoms with E-state index in [9.17, 15) is 4.79 Å². The zero-order valence-corrected chi connectivity index (χ0v) is 9.24. The first kappa shape index (κ1) is 14.3. The zero-order valence-electron chi connectivity index (χ0n) is 9.24. The van der Waals surface area contributed by atoms with Gasteiger partial charge in [-0.2, -0.15) is 0 Å². The fraction of sp³-hybridized carbons (Fsp3) is 0.900. The highest BCUT2D eigenvalue weighted by molar-refractivity contribution is 5.66. The van der Waals surface area contributed by atoms with Crippen LogP contribution in [0, 0.1) is 0 Å². The molecule has 0 aliphatic heterocycles. The van der Waals surface area contributed by atoms with E-state index in [1.807, 2.05) is 0 Å². The summed E-state index contributed by atoms with van der Waals surface area (Å²) in [6.45, 7) is 1.18. The quantitative estimate of drug-likeness (QED) is 0.435. The van der Waals surface area contributed by atoms with Gasteiger partial charge in [-0.1, -0.05) is 0 Å². The maximum atomic E-state index is 10.5. The van der Waals surface area contributed by atoms with Gasteiger partial charge in [-0.3, -0.25) is 4.79 Å². The Balaban J connectivity index is 4.06. The van der Waals surface area contributed by atoms with Crippen LogP contribution in [0.3, 0.4) is 0 Å². The average molecular weight is 217 g/mol. The van der Waals surface area contributed by atoms with Crippen LogP contribution in [0.1, 0.15) is 38.5 Å². The molecule has 5 nitrogen and oxygen atoms in total. The van der Waals surface area contributed by atoms with Crippen molar-refractivity contribution in [2.75, 3.05) is 13.1 Å². The first-order valence-corrected chi connectivity index (χ1v) is 5.45. The number of hydrogen-bond acceptors (Lipinski definition) is 4. The lowest BCUT2D eigenvalue weighted by Gasteiger charge is -2.29. The largest absolute Gasteiger partial charge is 0.481 e. The molecule has 0 saturated heterocycles. The van der Waals surface area contributed by atoms with E-state index in [1.54, 1.807) is 0 Å². The summed E-state index contributed by atoms with van der Waals surface area (Å²) in [5.74, 6) is -0.801. The monoisotopic (exact) mass is 217 g/mol. The summed E-state index contributed by atoms with van der Waals surface area (Å²) in [5.41, 5.74) is 16.6. The van der Waals surface area contributed by atoms with Gasteiger partial charge in [-0.15, -0.1) is 0 Å². The van der Waals surface area contributed by atoms with Gasteiger partial charge >= 0.3 is 5.97 Å². The summed E-state index contributed by atoms with van der Waals surface area (Å²) in [7, 11) is 0. The number of rotatable bonds is 9. The van der Waals surface area contributed by atoms with Crippen LogP contribution in [0.4, 0.5) is 0 Å². The Bertz CT molecular complexity index is 178. The summed E-state index contributed by atoms with van der Waals surface area (Å²) in [4.78, 5) is 10.5. The van der Waals surface area contributed by atoms with Crippen LogP contribution in [-0.4, -0.2) is 29.7 Å². The van der Waals surface area contributed by atoms with E-state index in [2.05, 4.69) is 0 Å². The second-order valence-corrected chi connectivity index (χ2v) is 4.04. The molecular weight excluding hydrogens is 194 g/mol. The normalized spacial score (nSPS) is 11.7. The van der Waals surface area contributed by atoms with Gasteiger partial charge in [0.25, 0.3) is 0 Å². The molecule has 0 bridgehead atoms. The third-order valence-corrected chi connectivity index (χ3v) is 2.59. The molecule has 0 aromatic rings. The predicted octanol–water partition coefficient (Wildman–Crippen LogP) is 0.0265. The molecule has 0 aromatic heterocycles. The van der Waals surface area contributed by atoms with Gasteiger partial charge in [0.1, 0.15) is 0 Å². The molecule has 0 radical (unpaired) electrons. The van der Waals surface area contributed by atoms with Crippen LogP contribution in [0.2, 0.25) is 0 Å². The highest BCUT2D eigenvalue weighted by Gasteiger charge is 2.24. The SMILES string of the molecule is NCCCC(N)(CCCN)CCC(=O)O. The van der Waals surface area contributed by atoms with Gasteiger partial charge in [0.05, 0.1) is 0 Å². The highest BCUT2D eigenvalue weighted by atomic mass is 16.4. The Labute approximate surface area is 91.0 Å². The first-order valence-electron chi connectivity index (χ1n) is 5.45. The van der Waals surface area contributed by atoms with Gasteiger partial charge in [-0.25, -0.2) is 0 Å². The van der Waals surface area contributed by atoms with Crippen molar-refractivity contribution < 1.29 is 9.90 Å². The minimum atomic E-state index is -0.801. The summed E-state index contributed by atoms with van der Waals surface area (Å²) in [6, 6.07) is 0. The first-order chi connectivity index (χ1) is 7.04. The van der Waals surface area contributed by atoms with Crippen LogP contribution in [0.15, 0.2) is 0 Å². The van der Waals surface area contributed by atoms with Crippen molar-refractivity contribution in [3.8, 4) is 0 Å². The van der Waals surface area contributed by atoms with Gasteiger partial charge < -0.3 is 22.3 Å². The second kappa shape index (κ2) is 7.62. The topological polar surface area (TPSA) is 115 Å². The average Bonchev–Trinajstić information content (AvgIpc) is 2.21. The molecule has 15 heavy (non-hydrogen) atoms. The van der Waals surface area contributed by atoms with E-state index in [0.29, 0.717) is 19.5 Å². The van der Waals surface area contributed by atoms with Gasteiger partial charge in [0.15, 0.2) is 0 Å². The molecule has 7 N–H and O–H groups in total. The van der Waals surface area contributed by atoms with Crippen molar-refractivity contribution >= 4 is 5.97 Å². The third-order valence-electron chi connectivity index (χ3n) is 2.59. The third kappa shape index (κ3) is 7.30. The second-order valence-electron chi connectivity index (χ2n) is 4.04. The smallest absolute Gasteiger partial charge is 0.303 e. The maximum Gasteiger partial charge on any atom is 0.303 e. The van der Waals surface area contributed by atoms with Crippen LogP contribution in [0.25, 0.3) is 0 Å². The van der Waals surface area contributed by atoms with Gasteiger partial charge in [-0.05, 0) is 45.2 Å². The van der Waals surface area contributed by atoms with Crippen molar-refractivity contribution in [3.63, 3.8) is 0 Å². The lowest BCUT2D eigenvalue weighted by molar-refractivity contribution is -0.137. The Hall–Kier alpha value is -0.650. The maximum absolute atomic E-state index is 10.5. The zero-order chi connectivity index (χ0) is 11.7. The van der Waals surface area contributed by atoms with Gasteiger partial charge in [0, 0.05) is 12.0 Å². The number of carboxylic acid groups (broad SMARTS) is 1. The lowest BCUT2D eigenvalue weighted by atomic mass is 9.85. The molecule has 0 fully saturated rings. The van der Waals surface area contributed by atoms with Crippen LogP contribution in [-0.2, 0) is 4.79 Å². The number of carboxylic acids is 1. The van der Waals surface area contributed by atoms with Crippen molar-refractivity contribution in [1.82, 2.24) is 0 Å². The summed E-state index contributed by atoms with van der Waals surface area (Å²) in [5, 5.41) is 8.62. The highest BCUT2D eigenvalue weighted by Crippen LogP contribution is 2.21. The number of nitrogens with two attached hydrogens (primary N) is 3. The summed E-state index contributed by atoms with van der Waals surface area (Å²) in [6.07, 6.45) is 3.84. The fourth-order valence-corrected chi connectivity index (χ4v) is 1.64. The molecular formula is C10H23N3O2. The van der Waals surface area contributed by atoms with Crippen molar-refractivity contribution in [3.05, 3.63) is 0 Å². The Morgan fingerprint density at radius 1 is 1.07 bits per heavy atom. The molecule has 0 amide bonds. The Morgan fingerprint density at radius 3 is 1.87 bits per heavy atom. The summed E-state index contributed by atoms with van der Waals surface area (Å²) >= 11 is 0. The van der Waals surface area contributed by atoms with Crippen LogP contribution < -0.4 is 17.2 Å². The molecule has 0 unspecified atom stereocenters. The molecule has 0 aliphatic rings. The standard InChI is InChI=1S/C10H23N3O2/c11-7-1-4-10(13,5-2-8-12)6-3-9(14)15/h1-8,11-13H2,(H,14,15). The van der Waals surface area contributed by atoms with E-state index >= 15 is 0 Å². The molecule has 0 aromatic carbocycles. The molecule has 5 heteroatoms. The lowest BCUT2D eigenvalue weighted by Crippen LogP contribution is -2.41. The van der Waals surface area contributed by atoms with Crippen molar-refractivity contribution in [1.29, 1.82) is 0 Å². The molecule has 90 valence electrons. The molecule has 0 heterocycles. The molecule has 0 spiro atoms. The number of hydrogen-bond donors (Lipinski definition) is 4. The fourth-order valence-electron chi connectivity index (χ4n) is 1.64. The van der Waals surface area contributed by atoms with Crippen LogP contribution >= 0.6 is 0 Å². The van der Waals surface area contributed by atoms with Crippen LogP contribution in [0.5, 0.6) is 0 Å². The molecule has 0 saturated carbocycles. The molecule has 0 atom stereocenters. The molecule has 0 aliphatic carbocycles. The van der Waals surface area contributed by atoms with E-state index in [-0.39, 0.29) is 6.42 Å². The van der Waals surface area contributed by atoms with E-state index < -0.39 is 11.5 Å². The van der Waals surface area contributed by atoms with E-state index in [0.717, 1.165) is 25.7 Å². The summed E-state index contributed by atoms with van der Waals surface area (Å²) < 4.78 is 0. The number of aliphatic carboxylic acids is 1. The predicted molar refractivity (Wildman–Crippen MR) is 60.4 cm³/mol.